The van der Waals surface area contributed by atoms with Crippen molar-refractivity contribution in [3.63, 3.8) is 0 Å². The highest BCUT2D eigenvalue weighted by Gasteiger charge is 2.09. The maximum Gasteiger partial charge on any atom is 0.330 e. The number of hydrogen-bond acceptors (Lipinski definition) is 5. The fraction of sp³-hybridized carbons (Fsp3) is 0.167. The third-order valence-corrected chi connectivity index (χ3v) is 3.87. The lowest BCUT2D eigenvalue weighted by Gasteiger charge is -2.19. The zero-order valence-electron chi connectivity index (χ0n) is 13.8. The van der Waals surface area contributed by atoms with Gasteiger partial charge in [0.25, 0.3) is 5.56 Å². The summed E-state index contributed by atoms with van der Waals surface area (Å²) < 4.78 is 1.18. The van der Waals surface area contributed by atoms with Gasteiger partial charge < -0.3 is 10.6 Å². The lowest BCUT2D eigenvalue weighted by Crippen LogP contribution is -2.37. The van der Waals surface area contributed by atoms with Crippen LogP contribution in [0.4, 0.5) is 11.6 Å². The Hall–Kier alpha value is -3.35. The smallest absolute Gasteiger partial charge is 0.330 e. The van der Waals surface area contributed by atoms with Crippen molar-refractivity contribution in [2.75, 3.05) is 17.7 Å². The minimum atomic E-state index is -0.436. The molecule has 0 aliphatic carbocycles. The molecular weight excluding hydrogens is 318 g/mol. The average molecular weight is 337 g/mol. The maximum absolute atomic E-state index is 12.4. The molecule has 0 atom stereocenters. The van der Waals surface area contributed by atoms with E-state index in [4.69, 9.17) is 5.73 Å². The molecule has 0 spiro atoms. The van der Waals surface area contributed by atoms with Crippen LogP contribution in [0, 0.1) is 0 Å². The Balaban J connectivity index is 1.82. The molecule has 0 saturated carbocycles. The van der Waals surface area contributed by atoms with Crippen LogP contribution in [0.15, 0.2) is 64.3 Å². The lowest BCUT2D eigenvalue weighted by atomic mass is 10.2. The van der Waals surface area contributed by atoms with Gasteiger partial charge >= 0.3 is 5.69 Å². The van der Waals surface area contributed by atoms with Crippen molar-refractivity contribution in [2.45, 2.75) is 13.1 Å². The number of aromatic amines is 1. The zero-order chi connectivity index (χ0) is 17.8. The molecule has 0 unspecified atom stereocenters. The van der Waals surface area contributed by atoms with Gasteiger partial charge in [0, 0.05) is 25.9 Å². The van der Waals surface area contributed by atoms with Crippen molar-refractivity contribution in [1.82, 2.24) is 14.5 Å². The molecule has 2 aromatic heterocycles. The summed E-state index contributed by atoms with van der Waals surface area (Å²) in [6, 6.07) is 14.4. The molecule has 0 bridgehead atoms. The third kappa shape index (κ3) is 3.95. The van der Waals surface area contributed by atoms with Crippen LogP contribution < -0.4 is 21.9 Å². The van der Waals surface area contributed by atoms with E-state index in [1.807, 2.05) is 36.4 Å². The summed E-state index contributed by atoms with van der Waals surface area (Å²) in [4.78, 5) is 33.2. The molecule has 0 aliphatic rings. The van der Waals surface area contributed by atoms with Crippen molar-refractivity contribution in [3.05, 3.63) is 86.7 Å². The van der Waals surface area contributed by atoms with Crippen LogP contribution in [0.1, 0.15) is 11.1 Å². The monoisotopic (exact) mass is 337 g/mol. The Morgan fingerprint density at radius 1 is 1.12 bits per heavy atom. The summed E-state index contributed by atoms with van der Waals surface area (Å²) in [6.45, 7) is 0.728. The van der Waals surface area contributed by atoms with E-state index in [9.17, 15) is 9.59 Å². The van der Waals surface area contributed by atoms with Crippen LogP contribution in [0.25, 0.3) is 0 Å². The van der Waals surface area contributed by atoms with Crippen LogP contribution in [0.2, 0.25) is 0 Å². The van der Waals surface area contributed by atoms with Gasteiger partial charge in [-0.05, 0) is 17.2 Å². The maximum atomic E-state index is 12.4. The normalized spacial score (nSPS) is 10.6. The van der Waals surface area contributed by atoms with Gasteiger partial charge in [0.1, 0.15) is 11.6 Å². The number of hydrogen-bond donors (Lipinski definition) is 2. The number of anilines is 2. The van der Waals surface area contributed by atoms with E-state index < -0.39 is 5.69 Å². The number of nitrogens with one attached hydrogen (secondary N) is 1. The number of H-pyrrole nitrogens is 1. The minimum Gasteiger partial charge on any atom is -0.384 e. The Morgan fingerprint density at radius 2 is 1.88 bits per heavy atom. The molecule has 0 fully saturated rings. The fourth-order valence-corrected chi connectivity index (χ4v) is 2.52. The van der Waals surface area contributed by atoms with E-state index in [1.54, 1.807) is 24.2 Å². The highest BCUT2D eigenvalue weighted by molar-refractivity contribution is 5.38. The molecule has 0 amide bonds. The summed E-state index contributed by atoms with van der Waals surface area (Å²) in [5.74, 6) is 0.902. The Bertz CT molecular complexity index is 930. The number of nitrogen functional groups attached to an aromatic ring is 1. The molecule has 0 aliphatic heterocycles. The first-order valence-electron chi connectivity index (χ1n) is 7.82. The van der Waals surface area contributed by atoms with Gasteiger partial charge in [0.15, 0.2) is 0 Å². The number of aromatic nitrogens is 3. The predicted octanol–water partition coefficient (Wildman–Crippen LogP) is 1.20. The van der Waals surface area contributed by atoms with Crippen LogP contribution >= 0.6 is 0 Å². The average Bonchev–Trinajstić information content (AvgIpc) is 2.61. The molecule has 3 aromatic rings. The van der Waals surface area contributed by atoms with Gasteiger partial charge in [-0.25, -0.2) is 9.78 Å². The van der Waals surface area contributed by atoms with Gasteiger partial charge in [-0.15, -0.1) is 0 Å². The van der Waals surface area contributed by atoms with Gasteiger partial charge in [-0.1, -0.05) is 36.4 Å². The molecule has 1 aromatic carbocycles. The van der Waals surface area contributed by atoms with E-state index in [0.29, 0.717) is 18.2 Å². The van der Waals surface area contributed by atoms with E-state index >= 15 is 0 Å². The molecule has 0 radical (unpaired) electrons. The largest absolute Gasteiger partial charge is 0.384 e. The predicted molar refractivity (Wildman–Crippen MR) is 97.6 cm³/mol. The van der Waals surface area contributed by atoms with Crippen molar-refractivity contribution in [2.24, 2.45) is 0 Å². The number of benzene rings is 1. The standard InChI is InChI=1S/C18H19N5O2/c1-22(11-14-7-8-15(19)20-10-14)16-9-17(24)23(18(25)21-16)12-13-5-3-2-4-6-13/h2-10H,11-12H2,1H3,(H2,19,20)(H,21,25). The second-order valence-corrected chi connectivity index (χ2v) is 5.82. The first-order valence-corrected chi connectivity index (χ1v) is 7.82. The number of pyridine rings is 1. The molecule has 7 heteroatoms. The van der Waals surface area contributed by atoms with Gasteiger partial charge in [-0.2, -0.15) is 0 Å². The molecule has 2 heterocycles. The van der Waals surface area contributed by atoms with Gasteiger partial charge in [0.2, 0.25) is 0 Å². The fourth-order valence-electron chi connectivity index (χ4n) is 2.52. The first kappa shape index (κ1) is 16.5. The second-order valence-electron chi connectivity index (χ2n) is 5.82. The quantitative estimate of drug-likeness (QED) is 0.729. The molecule has 25 heavy (non-hydrogen) atoms. The van der Waals surface area contributed by atoms with Crippen LogP contribution in [0.5, 0.6) is 0 Å². The van der Waals surface area contributed by atoms with E-state index in [1.165, 1.54) is 10.6 Å². The van der Waals surface area contributed by atoms with Crippen LogP contribution in [-0.2, 0) is 13.1 Å². The minimum absolute atomic E-state index is 0.237. The number of nitrogens with zero attached hydrogens (tertiary/aromatic N) is 3. The molecule has 7 nitrogen and oxygen atoms in total. The van der Waals surface area contributed by atoms with E-state index in [-0.39, 0.29) is 12.1 Å². The molecule has 0 saturated heterocycles. The second kappa shape index (κ2) is 7.04. The Morgan fingerprint density at radius 3 is 2.52 bits per heavy atom. The highest BCUT2D eigenvalue weighted by atomic mass is 16.2. The summed E-state index contributed by atoms with van der Waals surface area (Å²) >= 11 is 0. The molecule has 3 rings (SSSR count). The van der Waals surface area contributed by atoms with E-state index in [0.717, 1.165) is 11.1 Å². The molecule has 128 valence electrons. The van der Waals surface area contributed by atoms with Crippen LogP contribution in [-0.4, -0.2) is 21.6 Å². The Labute approximate surface area is 144 Å². The summed E-state index contributed by atoms with van der Waals surface area (Å²) in [5.41, 5.74) is 6.61. The molecule has 3 N–H and O–H groups in total. The van der Waals surface area contributed by atoms with Crippen LogP contribution in [0.3, 0.4) is 0 Å². The summed E-state index contributed by atoms with van der Waals surface area (Å²) in [5, 5.41) is 0. The summed E-state index contributed by atoms with van der Waals surface area (Å²) in [7, 11) is 1.79. The molecular formula is C18H19N5O2. The van der Waals surface area contributed by atoms with Crippen molar-refractivity contribution in [3.8, 4) is 0 Å². The zero-order valence-corrected chi connectivity index (χ0v) is 13.8. The highest BCUT2D eigenvalue weighted by Crippen LogP contribution is 2.10. The topological polar surface area (TPSA) is 97.0 Å². The summed E-state index contributed by atoms with van der Waals surface area (Å²) in [6.07, 6.45) is 1.67. The van der Waals surface area contributed by atoms with Gasteiger partial charge in [0.05, 0.1) is 6.54 Å². The lowest BCUT2D eigenvalue weighted by molar-refractivity contribution is 0.693. The third-order valence-electron chi connectivity index (χ3n) is 3.87. The van der Waals surface area contributed by atoms with Crippen molar-refractivity contribution >= 4 is 11.6 Å². The van der Waals surface area contributed by atoms with Gasteiger partial charge in [-0.3, -0.25) is 14.3 Å². The first-order chi connectivity index (χ1) is 12.0. The van der Waals surface area contributed by atoms with Crippen molar-refractivity contribution < 1.29 is 0 Å². The number of rotatable bonds is 5. The van der Waals surface area contributed by atoms with Crippen molar-refractivity contribution in [1.29, 1.82) is 0 Å². The SMILES string of the molecule is CN(Cc1ccc(N)nc1)c1cc(=O)n(Cc2ccccc2)c(=O)[nH]1. The Kier molecular flexibility index (Phi) is 4.65. The number of nitrogens with two attached hydrogens (primary N) is 1. The van der Waals surface area contributed by atoms with E-state index in [2.05, 4.69) is 9.97 Å².